The summed E-state index contributed by atoms with van der Waals surface area (Å²) in [6.45, 7) is 1.44. The molecular weight excluding hydrogens is 303 g/mol. The molecule has 1 fully saturated rings. The van der Waals surface area contributed by atoms with Crippen molar-refractivity contribution in [3.63, 3.8) is 0 Å². The standard InChI is InChI=1S/C13H16F3N3OS/c14-13(15,16)11-8-9(2-3-10(11)12(17)18-20)19-4-1-6-21-7-5-19/h2-3,8,20H,1,4-7H2,(H2,17,18). The average Bonchev–Trinajstić information content (AvgIpc) is 2.74. The largest absolute Gasteiger partial charge is 0.417 e. The van der Waals surface area contributed by atoms with Gasteiger partial charge in [-0.2, -0.15) is 24.9 Å². The quantitative estimate of drug-likeness (QED) is 0.381. The van der Waals surface area contributed by atoms with E-state index in [2.05, 4.69) is 5.16 Å². The van der Waals surface area contributed by atoms with Crippen molar-refractivity contribution in [2.75, 3.05) is 29.5 Å². The van der Waals surface area contributed by atoms with E-state index in [4.69, 9.17) is 10.9 Å². The van der Waals surface area contributed by atoms with Crippen LogP contribution in [0.15, 0.2) is 23.4 Å². The molecule has 116 valence electrons. The van der Waals surface area contributed by atoms with Crippen LogP contribution < -0.4 is 10.6 Å². The predicted octanol–water partition coefficient (Wildman–Crippen LogP) is 2.74. The Kier molecular flexibility index (Phi) is 4.87. The third kappa shape index (κ3) is 3.75. The van der Waals surface area contributed by atoms with Gasteiger partial charge in [-0.05, 0) is 30.4 Å². The molecule has 2 rings (SSSR count). The Balaban J connectivity index is 2.41. The molecule has 0 unspecified atom stereocenters. The fourth-order valence-corrected chi connectivity index (χ4v) is 3.13. The van der Waals surface area contributed by atoms with Crippen molar-refractivity contribution in [1.29, 1.82) is 0 Å². The van der Waals surface area contributed by atoms with E-state index in [0.717, 1.165) is 30.5 Å². The normalized spacial score (nSPS) is 17.7. The summed E-state index contributed by atoms with van der Waals surface area (Å²) in [5, 5.41) is 11.3. The zero-order chi connectivity index (χ0) is 15.5. The Morgan fingerprint density at radius 1 is 1.29 bits per heavy atom. The van der Waals surface area contributed by atoms with Crippen molar-refractivity contribution < 1.29 is 18.4 Å². The highest BCUT2D eigenvalue weighted by Gasteiger charge is 2.35. The number of halogens is 3. The van der Waals surface area contributed by atoms with E-state index in [9.17, 15) is 13.2 Å². The summed E-state index contributed by atoms with van der Waals surface area (Å²) in [6.07, 6.45) is -3.62. The van der Waals surface area contributed by atoms with Gasteiger partial charge in [0, 0.05) is 30.1 Å². The van der Waals surface area contributed by atoms with Crippen molar-refractivity contribution in [3.8, 4) is 0 Å². The number of alkyl halides is 3. The first kappa shape index (κ1) is 15.8. The van der Waals surface area contributed by atoms with Crippen molar-refractivity contribution in [2.45, 2.75) is 12.6 Å². The van der Waals surface area contributed by atoms with E-state index >= 15 is 0 Å². The maximum absolute atomic E-state index is 13.2. The summed E-state index contributed by atoms with van der Waals surface area (Å²) in [6, 6.07) is 3.91. The number of amidine groups is 1. The van der Waals surface area contributed by atoms with Crippen molar-refractivity contribution in [3.05, 3.63) is 29.3 Å². The smallest absolute Gasteiger partial charge is 0.409 e. The van der Waals surface area contributed by atoms with Crippen LogP contribution in [0, 0.1) is 0 Å². The van der Waals surface area contributed by atoms with Crippen molar-refractivity contribution in [2.24, 2.45) is 10.9 Å². The Morgan fingerprint density at radius 3 is 2.71 bits per heavy atom. The predicted molar refractivity (Wildman–Crippen MR) is 78.1 cm³/mol. The molecular formula is C13H16F3N3OS. The summed E-state index contributed by atoms with van der Waals surface area (Å²) in [5.74, 6) is 1.37. The Bertz CT molecular complexity index is 526. The van der Waals surface area contributed by atoms with Gasteiger partial charge in [0.1, 0.15) is 0 Å². The van der Waals surface area contributed by atoms with E-state index in [1.54, 1.807) is 17.8 Å². The molecule has 1 aromatic carbocycles. The number of thioether (sulfide) groups is 1. The second-order valence-corrected chi connectivity index (χ2v) is 5.89. The lowest BCUT2D eigenvalue weighted by atomic mass is 10.0. The number of nitrogens with two attached hydrogens (primary N) is 1. The molecule has 0 amide bonds. The minimum Gasteiger partial charge on any atom is -0.409 e. The first-order valence-corrected chi connectivity index (χ1v) is 7.61. The van der Waals surface area contributed by atoms with E-state index in [0.29, 0.717) is 12.2 Å². The Hall–Kier alpha value is -1.57. The molecule has 0 spiro atoms. The summed E-state index contributed by atoms with van der Waals surface area (Å²) >= 11 is 1.80. The van der Waals surface area contributed by atoms with Gasteiger partial charge in [-0.15, -0.1) is 0 Å². The first-order chi connectivity index (χ1) is 9.93. The zero-order valence-electron chi connectivity index (χ0n) is 11.2. The highest BCUT2D eigenvalue weighted by atomic mass is 32.2. The molecule has 1 heterocycles. The summed E-state index contributed by atoms with van der Waals surface area (Å²) in [5.41, 5.74) is 4.65. The molecule has 0 bridgehead atoms. The van der Waals surface area contributed by atoms with Gasteiger partial charge in [-0.25, -0.2) is 0 Å². The van der Waals surface area contributed by atoms with Gasteiger partial charge in [0.25, 0.3) is 0 Å². The lowest BCUT2D eigenvalue weighted by Gasteiger charge is -2.24. The Labute approximate surface area is 124 Å². The molecule has 1 aliphatic rings. The lowest BCUT2D eigenvalue weighted by molar-refractivity contribution is -0.137. The van der Waals surface area contributed by atoms with Crippen LogP contribution in [-0.2, 0) is 6.18 Å². The van der Waals surface area contributed by atoms with Gasteiger partial charge in [-0.3, -0.25) is 0 Å². The molecule has 1 aromatic rings. The third-order valence-corrected chi connectivity index (χ3v) is 4.33. The fourth-order valence-electron chi connectivity index (χ4n) is 2.24. The Morgan fingerprint density at radius 2 is 2.05 bits per heavy atom. The highest BCUT2D eigenvalue weighted by Crippen LogP contribution is 2.35. The van der Waals surface area contributed by atoms with E-state index in [1.807, 2.05) is 4.90 Å². The van der Waals surface area contributed by atoms with Crippen LogP contribution in [-0.4, -0.2) is 35.6 Å². The monoisotopic (exact) mass is 319 g/mol. The molecule has 0 aromatic heterocycles. The topological polar surface area (TPSA) is 61.9 Å². The number of hydrogen-bond donors (Lipinski definition) is 2. The molecule has 21 heavy (non-hydrogen) atoms. The highest BCUT2D eigenvalue weighted by molar-refractivity contribution is 7.99. The van der Waals surface area contributed by atoms with E-state index in [-0.39, 0.29) is 5.56 Å². The molecule has 4 nitrogen and oxygen atoms in total. The molecule has 0 saturated carbocycles. The average molecular weight is 319 g/mol. The zero-order valence-corrected chi connectivity index (χ0v) is 12.0. The van der Waals surface area contributed by atoms with Crippen LogP contribution >= 0.6 is 11.8 Å². The molecule has 8 heteroatoms. The number of rotatable bonds is 2. The third-order valence-electron chi connectivity index (χ3n) is 3.28. The summed E-state index contributed by atoms with van der Waals surface area (Å²) in [4.78, 5) is 1.94. The second-order valence-electron chi connectivity index (χ2n) is 4.67. The first-order valence-electron chi connectivity index (χ1n) is 6.45. The lowest BCUT2D eigenvalue weighted by Crippen LogP contribution is -2.27. The van der Waals surface area contributed by atoms with Gasteiger partial charge < -0.3 is 15.8 Å². The van der Waals surface area contributed by atoms with Crippen molar-refractivity contribution >= 4 is 23.3 Å². The number of benzene rings is 1. The van der Waals surface area contributed by atoms with Crippen LogP contribution in [0.3, 0.4) is 0 Å². The van der Waals surface area contributed by atoms with Crippen LogP contribution in [0.2, 0.25) is 0 Å². The second kappa shape index (κ2) is 6.46. The molecule has 0 aliphatic carbocycles. The minimum atomic E-state index is -4.55. The maximum atomic E-state index is 13.2. The van der Waals surface area contributed by atoms with Gasteiger partial charge in [-0.1, -0.05) is 5.16 Å². The number of nitrogens with zero attached hydrogens (tertiary/aromatic N) is 2. The number of anilines is 1. The minimum absolute atomic E-state index is 0.307. The van der Waals surface area contributed by atoms with Gasteiger partial charge in [0.05, 0.1) is 5.56 Å². The van der Waals surface area contributed by atoms with Crippen LogP contribution in [0.5, 0.6) is 0 Å². The van der Waals surface area contributed by atoms with Crippen LogP contribution in [0.25, 0.3) is 0 Å². The van der Waals surface area contributed by atoms with Crippen LogP contribution in [0.4, 0.5) is 18.9 Å². The van der Waals surface area contributed by atoms with Gasteiger partial charge >= 0.3 is 6.18 Å². The number of hydrogen-bond acceptors (Lipinski definition) is 4. The summed E-state index contributed by atoms with van der Waals surface area (Å²) in [7, 11) is 0. The summed E-state index contributed by atoms with van der Waals surface area (Å²) < 4.78 is 39.5. The molecule has 0 atom stereocenters. The van der Waals surface area contributed by atoms with Gasteiger partial charge in [0.15, 0.2) is 5.84 Å². The number of oxime groups is 1. The molecule has 0 radical (unpaired) electrons. The van der Waals surface area contributed by atoms with Gasteiger partial charge in [0.2, 0.25) is 0 Å². The van der Waals surface area contributed by atoms with Crippen LogP contribution in [0.1, 0.15) is 17.5 Å². The molecule has 3 N–H and O–H groups in total. The van der Waals surface area contributed by atoms with E-state index < -0.39 is 17.6 Å². The molecule has 1 aliphatic heterocycles. The fraction of sp³-hybridized carbons (Fsp3) is 0.462. The SMILES string of the molecule is NC(=NO)c1ccc(N2CCCSCC2)cc1C(F)(F)F. The van der Waals surface area contributed by atoms with Crippen molar-refractivity contribution in [1.82, 2.24) is 0 Å². The molecule has 1 saturated heterocycles. The van der Waals surface area contributed by atoms with E-state index in [1.165, 1.54) is 6.07 Å². The maximum Gasteiger partial charge on any atom is 0.417 e.